The van der Waals surface area contributed by atoms with E-state index >= 15 is 0 Å². The lowest BCUT2D eigenvalue weighted by molar-refractivity contribution is -0.144. The number of nitrogens with two attached hydrogens (primary N) is 1. The number of imide groups is 1. The number of nitrogens with one attached hydrogen (secondary N) is 1. The van der Waals surface area contributed by atoms with Crippen molar-refractivity contribution in [3.63, 3.8) is 0 Å². The van der Waals surface area contributed by atoms with Gasteiger partial charge in [-0.1, -0.05) is 38.5 Å². The van der Waals surface area contributed by atoms with Crippen LogP contribution in [0.2, 0.25) is 0 Å². The van der Waals surface area contributed by atoms with Gasteiger partial charge >= 0.3 is 0 Å². The molecule has 7 nitrogen and oxygen atoms in total. The highest BCUT2D eigenvalue weighted by Gasteiger charge is 2.51. The van der Waals surface area contributed by atoms with E-state index in [2.05, 4.69) is 10.4 Å². The van der Waals surface area contributed by atoms with Crippen LogP contribution in [0.15, 0.2) is 5.10 Å². The van der Waals surface area contributed by atoms with Crippen molar-refractivity contribution in [2.45, 2.75) is 76.3 Å². The van der Waals surface area contributed by atoms with Gasteiger partial charge in [0, 0.05) is 12.1 Å². The smallest absolute Gasteiger partial charge is 0.278 e. The van der Waals surface area contributed by atoms with E-state index in [1.807, 2.05) is 0 Å². The van der Waals surface area contributed by atoms with Crippen LogP contribution >= 0.6 is 0 Å². The van der Waals surface area contributed by atoms with Crippen LogP contribution in [0.25, 0.3) is 0 Å². The van der Waals surface area contributed by atoms with Gasteiger partial charge in [0.15, 0.2) is 5.92 Å². The molecule has 3 aliphatic rings. The molecule has 1 saturated heterocycles. The number of hydrogen-bond acceptors (Lipinski definition) is 5. The Hall–Kier alpha value is -1.92. The van der Waals surface area contributed by atoms with E-state index in [0.29, 0.717) is 0 Å². The first-order valence-electron chi connectivity index (χ1n) is 9.09. The fourth-order valence-electron chi connectivity index (χ4n) is 4.19. The molecule has 7 heteroatoms. The van der Waals surface area contributed by atoms with Crippen LogP contribution in [0.5, 0.6) is 0 Å². The second-order valence-electron chi connectivity index (χ2n) is 7.10. The van der Waals surface area contributed by atoms with Crippen molar-refractivity contribution >= 4 is 23.4 Å². The van der Waals surface area contributed by atoms with Crippen LogP contribution in [-0.4, -0.2) is 40.4 Å². The fourth-order valence-corrected chi connectivity index (χ4v) is 4.19. The number of carbonyl (C=O) groups excluding carboxylic acids is 3. The topological polar surface area (TPSA) is 105 Å². The number of rotatable bonds is 3. The lowest BCUT2D eigenvalue weighted by atomic mass is 9.94. The van der Waals surface area contributed by atoms with Crippen molar-refractivity contribution in [2.75, 3.05) is 0 Å². The number of hydrazone groups is 1. The zero-order valence-corrected chi connectivity index (χ0v) is 14.0. The molecule has 132 valence electrons. The first-order valence-corrected chi connectivity index (χ1v) is 9.09. The minimum Gasteiger partial charge on any atom is -0.352 e. The molecular formula is C17H26N4O3. The van der Waals surface area contributed by atoms with Gasteiger partial charge in [-0.25, -0.2) is 0 Å². The molecule has 1 atom stereocenters. The highest BCUT2D eigenvalue weighted by Crippen LogP contribution is 2.29. The molecule has 1 heterocycles. The Labute approximate surface area is 142 Å². The van der Waals surface area contributed by atoms with E-state index in [1.54, 1.807) is 0 Å². The predicted molar refractivity (Wildman–Crippen MR) is 88.9 cm³/mol. The second-order valence-corrected chi connectivity index (χ2v) is 7.10. The average molecular weight is 334 g/mol. The summed E-state index contributed by atoms with van der Waals surface area (Å²) < 4.78 is 0. The summed E-state index contributed by atoms with van der Waals surface area (Å²) in [4.78, 5) is 39.2. The lowest BCUT2D eigenvalue weighted by Crippen LogP contribution is -2.45. The molecule has 2 saturated carbocycles. The quantitative estimate of drug-likeness (QED) is 0.348. The first-order chi connectivity index (χ1) is 11.6. The molecule has 1 aliphatic heterocycles. The van der Waals surface area contributed by atoms with Crippen molar-refractivity contribution < 1.29 is 14.4 Å². The number of nitrogens with zero attached hydrogens (tertiary/aromatic N) is 2. The van der Waals surface area contributed by atoms with Gasteiger partial charge in [0.05, 0.1) is 0 Å². The highest BCUT2D eigenvalue weighted by molar-refractivity contribution is 6.54. The van der Waals surface area contributed by atoms with E-state index < -0.39 is 23.6 Å². The molecule has 0 radical (unpaired) electrons. The molecule has 3 rings (SSSR count). The predicted octanol–water partition coefficient (Wildman–Crippen LogP) is 1.07. The summed E-state index contributed by atoms with van der Waals surface area (Å²) in [6.07, 6.45) is 9.88. The average Bonchev–Trinajstić information content (AvgIpc) is 2.86. The first kappa shape index (κ1) is 16.9. The molecule has 1 unspecified atom stereocenters. The third-order valence-corrected chi connectivity index (χ3v) is 5.49. The van der Waals surface area contributed by atoms with Gasteiger partial charge in [0.2, 0.25) is 11.8 Å². The Kier molecular flexibility index (Phi) is 5.16. The van der Waals surface area contributed by atoms with E-state index in [0.717, 1.165) is 57.8 Å². The standard InChI is InChI=1S/C17H26N4O3/c18-20-14-13(15(22)19-11-7-3-1-4-8-11)16(23)21(17(14)24)12-9-5-2-6-10-12/h11-13H,1-10,18H2,(H,19,22)/b20-14-. The van der Waals surface area contributed by atoms with Crippen LogP contribution in [0.4, 0.5) is 0 Å². The number of hydrogen-bond donors (Lipinski definition) is 2. The summed E-state index contributed by atoms with van der Waals surface area (Å²) in [5, 5.41) is 6.43. The minimum absolute atomic E-state index is 0.0805. The lowest BCUT2D eigenvalue weighted by Gasteiger charge is -2.29. The maximum atomic E-state index is 12.8. The van der Waals surface area contributed by atoms with E-state index in [1.165, 1.54) is 11.3 Å². The largest absolute Gasteiger partial charge is 0.352 e. The highest BCUT2D eigenvalue weighted by atomic mass is 16.2. The molecule has 0 spiro atoms. The van der Waals surface area contributed by atoms with Gasteiger partial charge in [0.25, 0.3) is 5.91 Å². The normalized spacial score (nSPS) is 28.6. The second kappa shape index (κ2) is 7.32. The maximum absolute atomic E-state index is 12.8. The molecule has 0 aromatic heterocycles. The summed E-state index contributed by atoms with van der Waals surface area (Å²) >= 11 is 0. The van der Waals surface area contributed by atoms with Gasteiger partial charge in [-0.2, -0.15) is 5.10 Å². The van der Waals surface area contributed by atoms with Crippen LogP contribution in [0.3, 0.4) is 0 Å². The summed E-state index contributed by atoms with van der Waals surface area (Å²) in [6, 6.07) is -0.0418. The van der Waals surface area contributed by atoms with E-state index in [9.17, 15) is 14.4 Å². The molecule has 0 aromatic carbocycles. The van der Waals surface area contributed by atoms with Crippen LogP contribution in [0.1, 0.15) is 64.2 Å². The molecule has 0 aromatic rings. The number of carbonyl (C=O) groups is 3. The van der Waals surface area contributed by atoms with Crippen molar-refractivity contribution in [2.24, 2.45) is 16.9 Å². The fraction of sp³-hybridized carbons (Fsp3) is 0.765. The molecule has 2 aliphatic carbocycles. The Morgan fingerprint density at radius 3 is 2.17 bits per heavy atom. The van der Waals surface area contributed by atoms with Gasteiger partial charge in [-0.15, -0.1) is 0 Å². The van der Waals surface area contributed by atoms with E-state index in [4.69, 9.17) is 5.84 Å². The van der Waals surface area contributed by atoms with Gasteiger partial charge in [-0.05, 0) is 25.7 Å². The minimum atomic E-state index is -1.17. The monoisotopic (exact) mass is 334 g/mol. The summed E-state index contributed by atoms with van der Waals surface area (Å²) in [5.74, 6) is 2.80. The molecular weight excluding hydrogens is 308 g/mol. The van der Waals surface area contributed by atoms with Crippen LogP contribution in [-0.2, 0) is 14.4 Å². The number of amides is 3. The van der Waals surface area contributed by atoms with Crippen LogP contribution < -0.4 is 11.2 Å². The molecule has 3 amide bonds. The third-order valence-electron chi connectivity index (χ3n) is 5.49. The van der Waals surface area contributed by atoms with Gasteiger partial charge in [-0.3, -0.25) is 19.3 Å². The van der Waals surface area contributed by atoms with Crippen molar-refractivity contribution in [3.05, 3.63) is 0 Å². The van der Waals surface area contributed by atoms with Crippen molar-refractivity contribution in [1.82, 2.24) is 10.2 Å². The Morgan fingerprint density at radius 1 is 1.00 bits per heavy atom. The van der Waals surface area contributed by atoms with Crippen molar-refractivity contribution in [1.29, 1.82) is 0 Å². The Morgan fingerprint density at radius 2 is 1.58 bits per heavy atom. The SMILES string of the molecule is N/N=C1\C(=O)N(C2CCCCC2)C(=O)C1C(=O)NC1CCCCC1. The van der Waals surface area contributed by atoms with Crippen LogP contribution in [0, 0.1) is 5.92 Å². The van der Waals surface area contributed by atoms with Crippen molar-refractivity contribution in [3.8, 4) is 0 Å². The molecule has 3 fully saturated rings. The van der Waals surface area contributed by atoms with Gasteiger partial charge < -0.3 is 11.2 Å². The Bertz CT molecular complexity index is 548. The van der Waals surface area contributed by atoms with Gasteiger partial charge in [0.1, 0.15) is 5.71 Å². The zero-order chi connectivity index (χ0) is 17.1. The maximum Gasteiger partial charge on any atom is 0.278 e. The molecule has 3 N–H and O–H groups in total. The summed E-state index contributed by atoms with van der Waals surface area (Å²) in [6.45, 7) is 0. The third kappa shape index (κ3) is 3.16. The Balaban J connectivity index is 1.74. The van der Waals surface area contributed by atoms with E-state index in [-0.39, 0.29) is 17.8 Å². The zero-order valence-electron chi connectivity index (χ0n) is 14.0. The molecule has 0 bridgehead atoms. The summed E-state index contributed by atoms with van der Waals surface area (Å²) in [5.41, 5.74) is -0.112. The number of likely N-dealkylation sites (tertiary alicyclic amines) is 1. The molecule has 24 heavy (non-hydrogen) atoms. The summed E-state index contributed by atoms with van der Waals surface area (Å²) in [7, 11) is 0.